The molecule has 0 aliphatic rings. The molecule has 6 nitrogen and oxygen atoms in total. The maximum Gasteiger partial charge on any atom is 0.241 e. The molecule has 1 unspecified atom stereocenters. The van der Waals surface area contributed by atoms with Crippen molar-refractivity contribution in [1.29, 1.82) is 0 Å². The van der Waals surface area contributed by atoms with Gasteiger partial charge in [-0.3, -0.25) is 4.79 Å². The van der Waals surface area contributed by atoms with Crippen LogP contribution in [0.5, 0.6) is 0 Å². The van der Waals surface area contributed by atoms with Crippen LogP contribution in [-0.4, -0.2) is 26.7 Å². The second kappa shape index (κ2) is 5.83. The van der Waals surface area contributed by atoms with Crippen molar-refractivity contribution < 1.29 is 4.79 Å². The van der Waals surface area contributed by atoms with Crippen molar-refractivity contribution in [3.63, 3.8) is 0 Å². The Balaban J connectivity index is 2.34. The second-order valence-corrected chi connectivity index (χ2v) is 6.22. The van der Waals surface area contributed by atoms with Crippen LogP contribution >= 0.6 is 11.6 Å². The van der Waals surface area contributed by atoms with E-state index in [-0.39, 0.29) is 11.3 Å². The quantitative estimate of drug-likeness (QED) is 0.910. The molecule has 1 heterocycles. The van der Waals surface area contributed by atoms with Gasteiger partial charge in [0, 0.05) is 0 Å². The molecule has 2 aromatic rings. The summed E-state index contributed by atoms with van der Waals surface area (Å²) in [6, 6.07) is 4.58. The highest BCUT2D eigenvalue weighted by molar-refractivity contribution is 6.33. The second-order valence-electron chi connectivity index (χ2n) is 5.81. The van der Waals surface area contributed by atoms with Gasteiger partial charge in [0.1, 0.15) is 18.3 Å². The number of hydrogen-bond donors (Lipinski definition) is 2. The van der Waals surface area contributed by atoms with Gasteiger partial charge in [0.25, 0.3) is 0 Å². The van der Waals surface area contributed by atoms with Gasteiger partial charge in [-0.2, -0.15) is 5.10 Å². The normalized spacial score (nSPS) is 13.0. The van der Waals surface area contributed by atoms with Gasteiger partial charge in [-0.15, -0.1) is 0 Å². The first-order chi connectivity index (χ1) is 9.80. The third kappa shape index (κ3) is 3.40. The van der Waals surface area contributed by atoms with E-state index in [4.69, 9.17) is 17.3 Å². The number of para-hydroxylation sites is 1. The highest BCUT2D eigenvalue weighted by Gasteiger charge is 2.28. The molecule has 0 saturated carbocycles. The summed E-state index contributed by atoms with van der Waals surface area (Å²) in [6.07, 6.45) is 2.91. The lowest BCUT2D eigenvalue weighted by molar-refractivity contribution is -0.119. The number of nitrogens with one attached hydrogen (secondary N) is 1. The van der Waals surface area contributed by atoms with Crippen LogP contribution in [0, 0.1) is 5.41 Å². The van der Waals surface area contributed by atoms with Crippen molar-refractivity contribution >= 4 is 23.2 Å². The molecule has 1 aromatic heterocycles. The van der Waals surface area contributed by atoms with E-state index in [0.29, 0.717) is 16.4 Å². The van der Waals surface area contributed by atoms with Crippen LogP contribution in [-0.2, 0) is 4.79 Å². The standard InChI is InChI=1S/C14H18ClN5O/c1-14(2,3)12(16)13(21)19-10-6-4-5-9(15)11(10)20-8-17-7-18-20/h4-8,12H,16H2,1-3H3,(H,19,21). The van der Waals surface area contributed by atoms with Crippen LogP contribution < -0.4 is 11.1 Å². The van der Waals surface area contributed by atoms with E-state index in [1.165, 1.54) is 17.3 Å². The fourth-order valence-electron chi connectivity index (χ4n) is 1.78. The summed E-state index contributed by atoms with van der Waals surface area (Å²) in [6.45, 7) is 5.73. The molecule has 0 saturated heterocycles. The van der Waals surface area contributed by atoms with Gasteiger partial charge in [-0.05, 0) is 17.5 Å². The topological polar surface area (TPSA) is 85.8 Å². The Hall–Kier alpha value is -1.92. The van der Waals surface area contributed by atoms with E-state index >= 15 is 0 Å². The lowest BCUT2D eigenvalue weighted by Gasteiger charge is -2.26. The van der Waals surface area contributed by atoms with E-state index in [2.05, 4.69) is 15.4 Å². The number of amides is 1. The van der Waals surface area contributed by atoms with Gasteiger partial charge in [-0.25, -0.2) is 9.67 Å². The van der Waals surface area contributed by atoms with Gasteiger partial charge in [0.2, 0.25) is 5.91 Å². The monoisotopic (exact) mass is 307 g/mol. The number of carbonyl (C=O) groups excluding carboxylic acids is 1. The molecule has 2 rings (SSSR count). The lowest BCUT2D eigenvalue weighted by Crippen LogP contribution is -2.45. The molecule has 3 N–H and O–H groups in total. The minimum atomic E-state index is -0.639. The predicted molar refractivity (Wildman–Crippen MR) is 82.4 cm³/mol. The van der Waals surface area contributed by atoms with Crippen LogP contribution in [0.1, 0.15) is 20.8 Å². The van der Waals surface area contributed by atoms with Gasteiger partial charge in [-0.1, -0.05) is 38.4 Å². The third-order valence-corrected chi connectivity index (χ3v) is 3.41. The number of carbonyl (C=O) groups is 1. The van der Waals surface area contributed by atoms with Crippen molar-refractivity contribution in [2.75, 3.05) is 5.32 Å². The zero-order valence-electron chi connectivity index (χ0n) is 12.2. The van der Waals surface area contributed by atoms with E-state index in [1.54, 1.807) is 18.2 Å². The van der Waals surface area contributed by atoms with Gasteiger partial charge in [0.15, 0.2) is 0 Å². The van der Waals surface area contributed by atoms with Crippen molar-refractivity contribution in [3.8, 4) is 5.69 Å². The first-order valence-corrected chi connectivity index (χ1v) is 6.88. The maximum absolute atomic E-state index is 12.3. The number of aromatic nitrogens is 3. The number of nitrogens with zero attached hydrogens (tertiary/aromatic N) is 3. The fraction of sp³-hybridized carbons (Fsp3) is 0.357. The van der Waals surface area contributed by atoms with Gasteiger partial charge >= 0.3 is 0 Å². The smallest absolute Gasteiger partial charge is 0.241 e. The zero-order valence-corrected chi connectivity index (χ0v) is 12.9. The van der Waals surface area contributed by atoms with E-state index in [9.17, 15) is 4.79 Å². The summed E-state index contributed by atoms with van der Waals surface area (Å²) < 4.78 is 1.50. The number of anilines is 1. The number of rotatable bonds is 3. The van der Waals surface area contributed by atoms with E-state index in [0.717, 1.165) is 0 Å². The molecule has 1 aromatic carbocycles. The van der Waals surface area contributed by atoms with Crippen molar-refractivity contribution in [2.45, 2.75) is 26.8 Å². The average Bonchev–Trinajstić information content (AvgIpc) is 2.90. The van der Waals surface area contributed by atoms with Crippen LogP contribution in [0.25, 0.3) is 5.69 Å². The van der Waals surface area contributed by atoms with E-state index < -0.39 is 6.04 Å². The van der Waals surface area contributed by atoms with Crippen LogP contribution in [0.15, 0.2) is 30.9 Å². The van der Waals surface area contributed by atoms with Crippen LogP contribution in [0.3, 0.4) is 0 Å². The molecule has 21 heavy (non-hydrogen) atoms. The molecule has 112 valence electrons. The number of halogens is 1. The molecule has 7 heteroatoms. The molecular formula is C14H18ClN5O. The molecule has 0 bridgehead atoms. The third-order valence-electron chi connectivity index (χ3n) is 3.11. The number of nitrogens with two attached hydrogens (primary N) is 1. The molecule has 0 spiro atoms. The SMILES string of the molecule is CC(C)(C)C(N)C(=O)Nc1cccc(Cl)c1-n1cncn1. The average molecular weight is 308 g/mol. The highest BCUT2D eigenvalue weighted by Crippen LogP contribution is 2.28. The fourth-order valence-corrected chi connectivity index (χ4v) is 2.04. The Labute approximate surface area is 128 Å². The summed E-state index contributed by atoms with van der Waals surface area (Å²) in [4.78, 5) is 16.2. The summed E-state index contributed by atoms with van der Waals surface area (Å²) in [5.41, 5.74) is 6.73. The molecule has 1 atom stereocenters. The van der Waals surface area contributed by atoms with E-state index in [1.807, 2.05) is 20.8 Å². The number of hydrogen-bond acceptors (Lipinski definition) is 4. The van der Waals surface area contributed by atoms with Crippen LogP contribution in [0.4, 0.5) is 5.69 Å². The first kappa shape index (κ1) is 15.5. The Morgan fingerprint density at radius 1 is 1.43 bits per heavy atom. The molecule has 0 fully saturated rings. The Morgan fingerprint density at radius 3 is 2.71 bits per heavy atom. The van der Waals surface area contributed by atoms with Crippen molar-refractivity contribution in [2.24, 2.45) is 11.1 Å². The highest BCUT2D eigenvalue weighted by atomic mass is 35.5. The summed E-state index contributed by atoms with van der Waals surface area (Å²) in [5.74, 6) is -0.272. The lowest BCUT2D eigenvalue weighted by atomic mass is 9.87. The Kier molecular flexibility index (Phi) is 4.29. The van der Waals surface area contributed by atoms with Crippen molar-refractivity contribution in [3.05, 3.63) is 35.9 Å². The van der Waals surface area contributed by atoms with Crippen molar-refractivity contribution in [1.82, 2.24) is 14.8 Å². The number of benzene rings is 1. The van der Waals surface area contributed by atoms with Crippen LogP contribution in [0.2, 0.25) is 5.02 Å². The maximum atomic E-state index is 12.3. The molecule has 0 aliphatic heterocycles. The minimum absolute atomic E-state index is 0.272. The van der Waals surface area contributed by atoms with Gasteiger partial charge < -0.3 is 11.1 Å². The zero-order chi connectivity index (χ0) is 15.6. The summed E-state index contributed by atoms with van der Waals surface area (Å²) >= 11 is 6.20. The molecule has 0 aliphatic carbocycles. The summed E-state index contributed by atoms with van der Waals surface area (Å²) in [5, 5.41) is 7.32. The molecular weight excluding hydrogens is 290 g/mol. The first-order valence-electron chi connectivity index (χ1n) is 6.50. The molecule has 1 amide bonds. The predicted octanol–water partition coefficient (Wildman–Crippen LogP) is 2.23. The molecule has 0 radical (unpaired) electrons. The minimum Gasteiger partial charge on any atom is -0.323 e. The Bertz CT molecular complexity index is 633. The Morgan fingerprint density at radius 2 is 2.14 bits per heavy atom. The largest absolute Gasteiger partial charge is 0.323 e. The van der Waals surface area contributed by atoms with Gasteiger partial charge in [0.05, 0.1) is 16.8 Å². The summed E-state index contributed by atoms with van der Waals surface area (Å²) in [7, 11) is 0.